The number of rotatable bonds is 1. The highest BCUT2D eigenvalue weighted by molar-refractivity contribution is 9.10. The Morgan fingerprint density at radius 3 is 2.88 bits per heavy atom. The van der Waals surface area contributed by atoms with Gasteiger partial charge in [-0.2, -0.15) is 0 Å². The van der Waals surface area contributed by atoms with Gasteiger partial charge in [-0.05, 0) is 36.1 Å². The Balaban J connectivity index is 1.86. The van der Waals surface area contributed by atoms with Gasteiger partial charge < -0.3 is 4.74 Å². The third-order valence-corrected chi connectivity index (χ3v) is 4.13. The monoisotopic (exact) mass is 281 g/mol. The molecule has 0 N–H and O–H groups in total. The van der Waals surface area contributed by atoms with Gasteiger partial charge in [-0.25, -0.2) is 0 Å². The Hall–Kier alpha value is -0.380. The van der Waals surface area contributed by atoms with Gasteiger partial charge in [-0.3, -0.25) is 4.90 Å². The van der Waals surface area contributed by atoms with E-state index in [9.17, 15) is 0 Å². The molecule has 3 heteroatoms. The van der Waals surface area contributed by atoms with E-state index in [-0.39, 0.29) is 0 Å². The van der Waals surface area contributed by atoms with Crippen LogP contribution in [0.1, 0.15) is 23.6 Å². The summed E-state index contributed by atoms with van der Waals surface area (Å²) in [6.45, 7) is 3.94. The zero-order chi connectivity index (χ0) is 11.0. The summed E-state index contributed by atoms with van der Waals surface area (Å²) in [7, 11) is 0. The highest BCUT2D eigenvalue weighted by Gasteiger charge is 2.28. The Morgan fingerprint density at radius 1 is 1.25 bits per heavy atom. The lowest BCUT2D eigenvalue weighted by Gasteiger charge is -2.32. The molecule has 0 spiro atoms. The molecule has 0 saturated carbocycles. The van der Waals surface area contributed by atoms with Crippen LogP contribution < -0.4 is 0 Å². The summed E-state index contributed by atoms with van der Waals surface area (Å²) in [6, 6.07) is 7.33. The zero-order valence-electron chi connectivity index (χ0n) is 9.29. The highest BCUT2D eigenvalue weighted by Crippen LogP contribution is 2.37. The number of morpholine rings is 1. The van der Waals surface area contributed by atoms with Crippen molar-refractivity contribution in [3.05, 3.63) is 33.8 Å². The molecular weight excluding hydrogens is 266 g/mol. The fraction of sp³-hybridized carbons (Fsp3) is 0.538. The second-order valence-corrected chi connectivity index (χ2v) is 5.46. The second-order valence-electron chi connectivity index (χ2n) is 4.55. The quantitative estimate of drug-likeness (QED) is 0.785. The smallest absolute Gasteiger partial charge is 0.0594 e. The highest BCUT2D eigenvalue weighted by atomic mass is 79.9. The maximum atomic E-state index is 5.42. The average Bonchev–Trinajstić information content (AvgIpc) is 2.73. The standard InChI is InChI=1S/C13H16BrNO/c14-11-3-1-10-2-4-13(12(10)9-11)15-5-7-16-8-6-15/h1,3,9,13H,2,4-8H2. The molecule has 1 aromatic rings. The number of fused-ring (bicyclic) bond motifs is 1. The van der Waals surface area contributed by atoms with Gasteiger partial charge in [0, 0.05) is 23.6 Å². The molecule has 1 unspecified atom stereocenters. The first-order chi connectivity index (χ1) is 7.84. The van der Waals surface area contributed by atoms with Crippen LogP contribution in [0.4, 0.5) is 0 Å². The Bertz CT molecular complexity index is 388. The molecule has 86 valence electrons. The third-order valence-electron chi connectivity index (χ3n) is 3.64. The molecule has 1 atom stereocenters. The summed E-state index contributed by atoms with van der Waals surface area (Å²) >= 11 is 3.57. The van der Waals surface area contributed by atoms with Gasteiger partial charge in [0.2, 0.25) is 0 Å². The molecule has 3 rings (SSSR count). The number of hydrogen-bond donors (Lipinski definition) is 0. The molecule has 1 aliphatic heterocycles. The van der Waals surface area contributed by atoms with Crippen LogP contribution in [0.3, 0.4) is 0 Å². The van der Waals surface area contributed by atoms with Gasteiger partial charge in [0.15, 0.2) is 0 Å². The summed E-state index contributed by atoms with van der Waals surface area (Å²) in [5.41, 5.74) is 3.05. The van der Waals surface area contributed by atoms with Gasteiger partial charge in [0.05, 0.1) is 13.2 Å². The van der Waals surface area contributed by atoms with Crippen LogP contribution in [0.25, 0.3) is 0 Å². The molecule has 0 radical (unpaired) electrons. The number of aryl methyl sites for hydroxylation is 1. The van der Waals surface area contributed by atoms with Gasteiger partial charge in [0.1, 0.15) is 0 Å². The normalized spacial score (nSPS) is 25.7. The van der Waals surface area contributed by atoms with Crippen molar-refractivity contribution >= 4 is 15.9 Å². The summed E-state index contributed by atoms with van der Waals surface area (Å²) in [6.07, 6.45) is 2.50. The van der Waals surface area contributed by atoms with Crippen molar-refractivity contribution in [2.75, 3.05) is 26.3 Å². The zero-order valence-corrected chi connectivity index (χ0v) is 10.9. The number of nitrogens with zero attached hydrogens (tertiary/aromatic N) is 1. The SMILES string of the molecule is Brc1ccc2c(c1)C(N1CCOCC1)CC2. The van der Waals surface area contributed by atoms with Gasteiger partial charge in [0.25, 0.3) is 0 Å². The minimum Gasteiger partial charge on any atom is -0.379 e. The molecule has 2 aliphatic rings. The fourth-order valence-corrected chi connectivity index (χ4v) is 3.20. The lowest BCUT2D eigenvalue weighted by atomic mass is 10.1. The largest absolute Gasteiger partial charge is 0.379 e. The van der Waals surface area contributed by atoms with E-state index in [1.165, 1.54) is 28.4 Å². The van der Waals surface area contributed by atoms with E-state index in [4.69, 9.17) is 4.74 Å². The Kier molecular flexibility index (Phi) is 3.01. The first kappa shape index (κ1) is 10.8. The maximum Gasteiger partial charge on any atom is 0.0594 e. The van der Waals surface area contributed by atoms with Crippen LogP contribution in [0, 0.1) is 0 Å². The topological polar surface area (TPSA) is 12.5 Å². The number of halogens is 1. The minimum absolute atomic E-state index is 0.622. The van der Waals surface area contributed by atoms with Crippen molar-refractivity contribution in [3.63, 3.8) is 0 Å². The maximum absolute atomic E-state index is 5.42. The summed E-state index contributed by atoms with van der Waals surface area (Å²) < 4.78 is 6.62. The van der Waals surface area contributed by atoms with Gasteiger partial charge >= 0.3 is 0 Å². The van der Waals surface area contributed by atoms with E-state index in [1.807, 2.05) is 0 Å². The van der Waals surface area contributed by atoms with Crippen LogP contribution in [-0.2, 0) is 11.2 Å². The lowest BCUT2D eigenvalue weighted by molar-refractivity contribution is 0.0164. The minimum atomic E-state index is 0.622. The van der Waals surface area contributed by atoms with Crippen LogP contribution in [0.5, 0.6) is 0 Å². The second kappa shape index (κ2) is 4.47. The van der Waals surface area contributed by atoms with E-state index in [1.54, 1.807) is 0 Å². The van der Waals surface area contributed by atoms with Crippen molar-refractivity contribution in [1.82, 2.24) is 4.90 Å². The first-order valence-corrected chi connectivity index (χ1v) is 6.74. The molecule has 1 aliphatic carbocycles. The molecule has 1 fully saturated rings. The molecule has 0 bridgehead atoms. The van der Waals surface area contributed by atoms with E-state index < -0.39 is 0 Å². The number of ether oxygens (including phenoxy) is 1. The summed E-state index contributed by atoms with van der Waals surface area (Å²) in [5.74, 6) is 0. The summed E-state index contributed by atoms with van der Waals surface area (Å²) in [5, 5.41) is 0. The van der Waals surface area contributed by atoms with Crippen molar-refractivity contribution in [2.45, 2.75) is 18.9 Å². The predicted octanol–water partition coefficient (Wildman–Crippen LogP) is 2.77. The number of benzene rings is 1. The first-order valence-electron chi connectivity index (χ1n) is 5.95. The molecular formula is C13H16BrNO. The van der Waals surface area contributed by atoms with Gasteiger partial charge in [-0.15, -0.1) is 0 Å². The average molecular weight is 282 g/mol. The van der Waals surface area contributed by atoms with Crippen LogP contribution in [-0.4, -0.2) is 31.2 Å². The van der Waals surface area contributed by atoms with Crippen LogP contribution >= 0.6 is 15.9 Å². The molecule has 1 saturated heterocycles. The van der Waals surface area contributed by atoms with E-state index in [0.717, 1.165) is 26.3 Å². The van der Waals surface area contributed by atoms with Crippen LogP contribution in [0.15, 0.2) is 22.7 Å². The van der Waals surface area contributed by atoms with E-state index >= 15 is 0 Å². The molecule has 0 amide bonds. The molecule has 0 aromatic heterocycles. The van der Waals surface area contributed by atoms with Crippen molar-refractivity contribution in [2.24, 2.45) is 0 Å². The molecule has 1 aromatic carbocycles. The third kappa shape index (κ3) is 1.92. The molecule has 16 heavy (non-hydrogen) atoms. The molecule has 2 nitrogen and oxygen atoms in total. The lowest BCUT2D eigenvalue weighted by Crippen LogP contribution is -2.38. The van der Waals surface area contributed by atoms with E-state index in [0.29, 0.717) is 6.04 Å². The van der Waals surface area contributed by atoms with Crippen molar-refractivity contribution in [1.29, 1.82) is 0 Å². The van der Waals surface area contributed by atoms with Crippen molar-refractivity contribution < 1.29 is 4.74 Å². The number of hydrogen-bond acceptors (Lipinski definition) is 2. The van der Waals surface area contributed by atoms with Crippen molar-refractivity contribution in [3.8, 4) is 0 Å². The van der Waals surface area contributed by atoms with Gasteiger partial charge in [-0.1, -0.05) is 22.0 Å². The predicted molar refractivity (Wildman–Crippen MR) is 67.6 cm³/mol. The summed E-state index contributed by atoms with van der Waals surface area (Å²) in [4.78, 5) is 2.57. The molecule has 1 heterocycles. The van der Waals surface area contributed by atoms with Crippen LogP contribution in [0.2, 0.25) is 0 Å². The Labute approximate surface area is 105 Å². The Morgan fingerprint density at radius 2 is 2.06 bits per heavy atom. The van der Waals surface area contributed by atoms with E-state index in [2.05, 4.69) is 39.0 Å². The fourth-order valence-electron chi connectivity index (χ4n) is 2.82.